The van der Waals surface area contributed by atoms with Crippen molar-refractivity contribution < 1.29 is 0 Å². The normalized spacial score (nSPS) is 11.2. The number of thiophene rings is 2. The van der Waals surface area contributed by atoms with Crippen LogP contribution in [-0.2, 0) is 13.1 Å². The first-order valence-electron chi connectivity index (χ1n) is 7.15. The molecule has 0 amide bonds. The number of aromatic nitrogens is 6. The molecule has 4 aromatic rings. The van der Waals surface area contributed by atoms with Crippen molar-refractivity contribution in [1.82, 2.24) is 30.0 Å². The fraction of sp³-hybridized carbons (Fsp3) is 0.200. The van der Waals surface area contributed by atoms with Crippen LogP contribution in [0.15, 0.2) is 41.2 Å². The maximum absolute atomic E-state index is 4.35. The van der Waals surface area contributed by atoms with Crippen LogP contribution < -0.4 is 0 Å². The van der Waals surface area contributed by atoms with E-state index in [1.54, 1.807) is 28.9 Å². The van der Waals surface area contributed by atoms with Gasteiger partial charge in [0.05, 0.1) is 25.0 Å². The van der Waals surface area contributed by atoms with E-state index in [9.17, 15) is 0 Å². The van der Waals surface area contributed by atoms with Crippen molar-refractivity contribution in [2.24, 2.45) is 0 Å². The first kappa shape index (κ1) is 14.3. The van der Waals surface area contributed by atoms with Gasteiger partial charge < -0.3 is 0 Å². The minimum absolute atomic E-state index is 0.699. The molecule has 8 heteroatoms. The molecule has 6 nitrogen and oxygen atoms in total. The number of hydrogen-bond acceptors (Lipinski definition) is 6. The second-order valence-electron chi connectivity index (χ2n) is 5.12. The Bertz CT molecular complexity index is 889. The molecule has 0 aromatic carbocycles. The van der Waals surface area contributed by atoms with Crippen LogP contribution in [0.25, 0.3) is 11.4 Å². The van der Waals surface area contributed by atoms with Crippen molar-refractivity contribution in [1.29, 1.82) is 0 Å². The van der Waals surface area contributed by atoms with E-state index in [4.69, 9.17) is 0 Å². The summed E-state index contributed by atoms with van der Waals surface area (Å²) in [6.07, 6.45) is 1.75. The van der Waals surface area contributed by atoms with Gasteiger partial charge in [-0.15, -0.1) is 32.9 Å². The molecule has 0 saturated heterocycles. The highest BCUT2D eigenvalue weighted by atomic mass is 32.1. The molecule has 0 spiro atoms. The SMILES string of the molecule is Cc1c(-c2cnnn2Cc2cccs2)nnn1Cc1cccs1. The highest BCUT2D eigenvalue weighted by Gasteiger charge is 2.16. The van der Waals surface area contributed by atoms with Gasteiger partial charge in [-0.25, -0.2) is 9.36 Å². The van der Waals surface area contributed by atoms with Crippen LogP contribution in [0.1, 0.15) is 15.4 Å². The summed E-state index contributed by atoms with van der Waals surface area (Å²) in [5.74, 6) is 0. The van der Waals surface area contributed by atoms with E-state index < -0.39 is 0 Å². The van der Waals surface area contributed by atoms with Crippen LogP contribution in [0.2, 0.25) is 0 Å². The molecule has 116 valence electrons. The molecule has 4 aromatic heterocycles. The molecule has 0 unspecified atom stereocenters. The lowest BCUT2D eigenvalue weighted by molar-refractivity contribution is 0.639. The summed E-state index contributed by atoms with van der Waals surface area (Å²) in [6, 6.07) is 8.29. The summed E-state index contributed by atoms with van der Waals surface area (Å²) in [6.45, 7) is 3.47. The van der Waals surface area contributed by atoms with Crippen molar-refractivity contribution in [3.8, 4) is 11.4 Å². The Morgan fingerprint density at radius 2 is 1.65 bits per heavy atom. The van der Waals surface area contributed by atoms with Crippen molar-refractivity contribution in [3.63, 3.8) is 0 Å². The first-order valence-corrected chi connectivity index (χ1v) is 8.91. The second kappa shape index (κ2) is 6.05. The van der Waals surface area contributed by atoms with E-state index in [1.807, 2.05) is 28.4 Å². The zero-order chi connectivity index (χ0) is 15.6. The van der Waals surface area contributed by atoms with Gasteiger partial charge in [0.15, 0.2) is 0 Å². The summed E-state index contributed by atoms with van der Waals surface area (Å²) < 4.78 is 3.79. The maximum Gasteiger partial charge on any atom is 0.135 e. The molecular weight excluding hydrogens is 328 g/mol. The van der Waals surface area contributed by atoms with Gasteiger partial charge >= 0.3 is 0 Å². The van der Waals surface area contributed by atoms with Crippen molar-refractivity contribution >= 4 is 22.7 Å². The Morgan fingerprint density at radius 3 is 2.30 bits per heavy atom. The van der Waals surface area contributed by atoms with Crippen LogP contribution in [0.4, 0.5) is 0 Å². The Kier molecular flexibility index (Phi) is 3.76. The predicted molar refractivity (Wildman–Crippen MR) is 90.6 cm³/mol. The van der Waals surface area contributed by atoms with Crippen LogP contribution in [0, 0.1) is 6.92 Å². The van der Waals surface area contributed by atoms with E-state index in [2.05, 4.69) is 43.5 Å². The lowest BCUT2D eigenvalue weighted by Crippen LogP contribution is -2.05. The molecule has 0 aliphatic heterocycles. The third kappa shape index (κ3) is 2.82. The molecule has 4 heterocycles. The van der Waals surface area contributed by atoms with Gasteiger partial charge in [-0.1, -0.05) is 22.6 Å². The highest BCUT2D eigenvalue weighted by molar-refractivity contribution is 7.10. The average Bonchev–Trinajstić information content (AvgIpc) is 3.31. The van der Waals surface area contributed by atoms with Gasteiger partial charge in [-0.2, -0.15) is 0 Å². The summed E-state index contributed by atoms with van der Waals surface area (Å²) in [7, 11) is 0. The largest absolute Gasteiger partial charge is 0.244 e. The molecule has 4 rings (SSSR count). The molecular formula is C15H14N6S2. The molecule has 0 fully saturated rings. The fourth-order valence-corrected chi connectivity index (χ4v) is 3.78. The van der Waals surface area contributed by atoms with Crippen molar-refractivity contribution in [2.45, 2.75) is 20.0 Å². The minimum atomic E-state index is 0.699. The minimum Gasteiger partial charge on any atom is -0.244 e. The molecule has 0 bridgehead atoms. The third-order valence-electron chi connectivity index (χ3n) is 3.61. The fourth-order valence-electron chi connectivity index (χ4n) is 2.41. The van der Waals surface area contributed by atoms with E-state index in [1.165, 1.54) is 9.75 Å². The summed E-state index contributed by atoms with van der Waals surface area (Å²) in [4.78, 5) is 2.50. The monoisotopic (exact) mass is 342 g/mol. The van der Waals surface area contributed by atoms with Gasteiger partial charge in [0, 0.05) is 9.75 Å². The average molecular weight is 342 g/mol. The molecule has 0 aliphatic carbocycles. The van der Waals surface area contributed by atoms with Crippen LogP contribution >= 0.6 is 22.7 Å². The van der Waals surface area contributed by atoms with E-state index >= 15 is 0 Å². The van der Waals surface area contributed by atoms with Crippen LogP contribution in [-0.4, -0.2) is 30.0 Å². The standard InChI is InChI=1S/C15H14N6S2/c1-11-15(17-19-20(11)9-12-4-2-6-22-12)14-8-16-18-21(14)10-13-5-3-7-23-13/h2-8H,9-10H2,1H3. The molecule has 0 atom stereocenters. The molecule has 0 radical (unpaired) electrons. The second-order valence-corrected chi connectivity index (χ2v) is 7.18. The molecule has 23 heavy (non-hydrogen) atoms. The number of rotatable bonds is 5. The Labute approximate surface area is 141 Å². The smallest absolute Gasteiger partial charge is 0.135 e. The van der Waals surface area contributed by atoms with E-state index in [-0.39, 0.29) is 0 Å². The van der Waals surface area contributed by atoms with E-state index in [0.717, 1.165) is 23.6 Å². The summed E-state index contributed by atoms with van der Waals surface area (Å²) in [5, 5.41) is 21.0. The van der Waals surface area contributed by atoms with E-state index in [0.29, 0.717) is 6.54 Å². The zero-order valence-corrected chi connectivity index (χ0v) is 14.1. The topological polar surface area (TPSA) is 61.4 Å². The Balaban J connectivity index is 1.64. The van der Waals surface area contributed by atoms with Crippen molar-refractivity contribution in [2.75, 3.05) is 0 Å². The Hall–Kier alpha value is -2.32. The van der Waals surface area contributed by atoms with Crippen molar-refractivity contribution in [3.05, 3.63) is 56.7 Å². The van der Waals surface area contributed by atoms with Gasteiger partial charge in [0.2, 0.25) is 0 Å². The maximum atomic E-state index is 4.35. The predicted octanol–water partition coefficient (Wildman–Crippen LogP) is 3.06. The van der Waals surface area contributed by atoms with Gasteiger partial charge in [-0.05, 0) is 29.8 Å². The lowest BCUT2D eigenvalue weighted by atomic mass is 10.2. The third-order valence-corrected chi connectivity index (χ3v) is 5.34. The lowest BCUT2D eigenvalue weighted by Gasteiger charge is -2.04. The molecule has 0 aliphatic rings. The zero-order valence-electron chi connectivity index (χ0n) is 12.5. The summed E-state index contributed by atoms with van der Waals surface area (Å²) >= 11 is 3.43. The van der Waals surface area contributed by atoms with Crippen LogP contribution in [0.3, 0.4) is 0 Å². The molecule has 0 N–H and O–H groups in total. The molecule has 0 saturated carbocycles. The highest BCUT2D eigenvalue weighted by Crippen LogP contribution is 2.22. The van der Waals surface area contributed by atoms with Gasteiger partial charge in [-0.3, -0.25) is 0 Å². The van der Waals surface area contributed by atoms with Gasteiger partial charge in [0.25, 0.3) is 0 Å². The first-order chi connectivity index (χ1) is 11.3. The number of hydrogen-bond donors (Lipinski definition) is 0. The van der Waals surface area contributed by atoms with Crippen LogP contribution in [0.5, 0.6) is 0 Å². The quantitative estimate of drug-likeness (QED) is 0.559. The number of nitrogens with zero attached hydrogens (tertiary/aromatic N) is 6. The van der Waals surface area contributed by atoms with Gasteiger partial charge in [0.1, 0.15) is 11.4 Å². The summed E-state index contributed by atoms with van der Waals surface area (Å²) in [5.41, 5.74) is 2.75. The Morgan fingerprint density at radius 1 is 0.957 bits per heavy atom.